The number of rotatable bonds is 3. The molecule has 4 nitrogen and oxygen atoms in total. The SMILES string of the molecule is C=C1CC(OCc2cc(F)c(F)c(F)c2)CN1C(=O)OC(C)(C)C. The first-order valence-corrected chi connectivity index (χ1v) is 7.50. The Morgan fingerprint density at radius 2 is 1.88 bits per heavy atom. The van der Waals surface area contributed by atoms with Gasteiger partial charge in [0.15, 0.2) is 17.5 Å². The molecule has 1 aliphatic heterocycles. The Balaban J connectivity index is 1.94. The molecule has 1 fully saturated rings. The molecular weight excluding hydrogens is 323 g/mol. The molecule has 0 aromatic heterocycles. The van der Waals surface area contributed by atoms with Crippen molar-refractivity contribution in [2.75, 3.05) is 6.54 Å². The standard InChI is InChI=1S/C17H20F3NO3/c1-10-5-12(8-21(10)16(22)24-17(2,3)4)23-9-11-6-13(18)15(20)14(19)7-11/h6-7,12H,1,5,8-9H2,2-4H3. The topological polar surface area (TPSA) is 38.8 Å². The number of hydrogen-bond acceptors (Lipinski definition) is 3. The van der Waals surface area contributed by atoms with Gasteiger partial charge in [-0.3, -0.25) is 4.90 Å². The van der Waals surface area contributed by atoms with Gasteiger partial charge in [0.25, 0.3) is 0 Å². The third kappa shape index (κ3) is 4.50. The number of carbonyl (C=O) groups excluding carboxylic acids is 1. The number of carbonyl (C=O) groups is 1. The highest BCUT2D eigenvalue weighted by molar-refractivity contribution is 5.71. The van der Waals surface area contributed by atoms with Crippen LogP contribution >= 0.6 is 0 Å². The molecule has 0 saturated carbocycles. The minimum Gasteiger partial charge on any atom is -0.443 e. The highest BCUT2D eigenvalue weighted by atomic mass is 19.2. The van der Waals surface area contributed by atoms with E-state index in [-0.39, 0.29) is 24.8 Å². The summed E-state index contributed by atoms with van der Waals surface area (Å²) >= 11 is 0. The van der Waals surface area contributed by atoms with Crippen LogP contribution in [-0.4, -0.2) is 29.2 Å². The second-order valence-electron chi connectivity index (χ2n) is 6.67. The van der Waals surface area contributed by atoms with Crippen molar-refractivity contribution in [3.63, 3.8) is 0 Å². The van der Waals surface area contributed by atoms with E-state index in [4.69, 9.17) is 9.47 Å². The molecule has 0 radical (unpaired) electrons. The number of nitrogens with zero attached hydrogens (tertiary/aromatic N) is 1. The van der Waals surface area contributed by atoms with Gasteiger partial charge in [-0.25, -0.2) is 18.0 Å². The van der Waals surface area contributed by atoms with E-state index in [0.29, 0.717) is 12.1 Å². The summed E-state index contributed by atoms with van der Waals surface area (Å²) in [5.74, 6) is -4.04. The molecule has 24 heavy (non-hydrogen) atoms. The molecule has 7 heteroatoms. The van der Waals surface area contributed by atoms with Crippen LogP contribution in [0.5, 0.6) is 0 Å². The molecule has 1 amide bonds. The van der Waals surface area contributed by atoms with Crippen molar-refractivity contribution < 1.29 is 27.4 Å². The molecule has 0 bridgehead atoms. The number of amides is 1. The van der Waals surface area contributed by atoms with Crippen LogP contribution in [-0.2, 0) is 16.1 Å². The Bertz CT molecular complexity index is 632. The Kier molecular flexibility index (Phi) is 5.22. The second-order valence-corrected chi connectivity index (χ2v) is 6.67. The molecule has 1 aromatic rings. The van der Waals surface area contributed by atoms with Crippen molar-refractivity contribution in [3.05, 3.63) is 47.4 Å². The van der Waals surface area contributed by atoms with Crippen molar-refractivity contribution in [1.82, 2.24) is 4.90 Å². The van der Waals surface area contributed by atoms with E-state index in [1.54, 1.807) is 20.8 Å². The lowest BCUT2D eigenvalue weighted by atomic mass is 10.2. The summed E-state index contributed by atoms with van der Waals surface area (Å²) in [6.45, 7) is 9.22. The lowest BCUT2D eigenvalue weighted by Gasteiger charge is -2.24. The largest absolute Gasteiger partial charge is 0.443 e. The van der Waals surface area contributed by atoms with Gasteiger partial charge in [-0.2, -0.15) is 0 Å². The van der Waals surface area contributed by atoms with Crippen molar-refractivity contribution in [2.24, 2.45) is 0 Å². The number of ether oxygens (including phenoxy) is 2. The molecule has 2 rings (SSSR count). The normalized spacial score (nSPS) is 18.2. The van der Waals surface area contributed by atoms with E-state index in [1.165, 1.54) is 4.90 Å². The first kappa shape index (κ1) is 18.3. The minimum atomic E-state index is -1.51. The lowest BCUT2D eigenvalue weighted by Crippen LogP contribution is -2.35. The Hall–Kier alpha value is -2.02. The van der Waals surface area contributed by atoms with E-state index >= 15 is 0 Å². The highest BCUT2D eigenvalue weighted by Crippen LogP contribution is 2.26. The predicted octanol–water partition coefficient (Wildman–Crippen LogP) is 4.14. The molecule has 1 heterocycles. The molecule has 132 valence electrons. The van der Waals surface area contributed by atoms with Crippen LogP contribution in [0.3, 0.4) is 0 Å². The van der Waals surface area contributed by atoms with Crippen molar-refractivity contribution in [1.29, 1.82) is 0 Å². The van der Waals surface area contributed by atoms with Gasteiger partial charge in [0.2, 0.25) is 0 Å². The van der Waals surface area contributed by atoms with Crippen LogP contribution in [0.15, 0.2) is 24.4 Å². The van der Waals surface area contributed by atoms with Gasteiger partial charge >= 0.3 is 6.09 Å². The zero-order valence-corrected chi connectivity index (χ0v) is 13.9. The Labute approximate surface area is 138 Å². The molecule has 1 aromatic carbocycles. The zero-order chi connectivity index (χ0) is 18.1. The van der Waals surface area contributed by atoms with Crippen LogP contribution < -0.4 is 0 Å². The van der Waals surface area contributed by atoms with E-state index in [9.17, 15) is 18.0 Å². The van der Waals surface area contributed by atoms with Crippen LogP contribution in [0.25, 0.3) is 0 Å². The summed E-state index contributed by atoms with van der Waals surface area (Å²) in [6, 6.07) is 1.77. The highest BCUT2D eigenvalue weighted by Gasteiger charge is 2.33. The van der Waals surface area contributed by atoms with E-state index in [0.717, 1.165) is 12.1 Å². The fourth-order valence-electron chi connectivity index (χ4n) is 2.31. The van der Waals surface area contributed by atoms with Gasteiger partial charge in [0, 0.05) is 12.1 Å². The van der Waals surface area contributed by atoms with Crippen LogP contribution in [0.4, 0.5) is 18.0 Å². The van der Waals surface area contributed by atoms with Gasteiger partial charge in [0.1, 0.15) is 5.60 Å². The summed E-state index contributed by atoms with van der Waals surface area (Å²) in [5.41, 5.74) is 0.0953. The van der Waals surface area contributed by atoms with Gasteiger partial charge in [0.05, 0.1) is 19.3 Å². The maximum absolute atomic E-state index is 13.2. The fraction of sp³-hybridized carbons (Fsp3) is 0.471. The van der Waals surface area contributed by atoms with E-state index in [1.807, 2.05) is 0 Å². The summed E-state index contributed by atoms with van der Waals surface area (Å²) in [5, 5.41) is 0. The number of likely N-dealkylation sites (tertiary alicyclic amines) is 1. The minimum absolute atomic E-state index is 0.103. The maximum atomic E-state index is 13.2. The third-order valence-electron chi connectivity index (χ3n) is 3.37. The van der Waals surface area contributed by atoms with E-state index < -0.39 is 29.1 Å². The molecular formula is C17H20F3NO3. The van der Waals surface area contributed by atoms with Crippen molar-refractivity contribution >= 4 is 6.09 Å². The maximum Gasteiger partial charge on any atom is 0.414 e. The lowest BCUT2D eigenvalue weighted by molar-refractivity contribution is 0.0202. The first-order chi connectivity index (χ1) is 11.1. The number of hydrogen-bond donors (Lipinski definition) is 0. The first-order valence-electron chi connectivity index (χ1n) is 7.50. The predicted molar refractivity (Wildman–Crippen MR) is 81.6 cm³/mol. The summed E-state index contributed by atoms with van der Waals surface area (Å²) in [7, 11) is 0. The van der Waals surface area contributed by atoms with Gasteiger partial charge < -0.3 is 9.47 Å². The second kappa shape index (κ2) is 6.84. The van der Waals surface area contributed by atoms with Crippen molar-refractivity contribution in [3.8, 4) is 0 Å². The molecule has 0 spiro atoms. The number of halogens is 3. The van der Waals surface area contributed by atoms with Crippen LogP contribution in [0.2, 0.25) is 0 Å². The molecule has 0 N–H and O–H groups in total. The number of benzene rings is 1. The summed E-state index contributed by atoms with van der Waals surface area (Å²) in [6.07, 6.45) is -0.496. The van der Waals surface area contributed by atoms with E-state index in [2.05, 4.69) is 6.58 Å². The van der Waals surface area contributed by atoms with Gasteiger partial charge in [-0.1, -0.05) is 6.58 Å². The monoisotopic (exact) mass is 343 g/mol. The molecule has 0 aliphatic carbocycles. The molecule has 1 aliphatic rings. The fourth-order valence-corrected chi connectivity index (χ4v) is 2.31. The van der Waals surface area contributed by atoms with Crippen molar-refractivity contribution in [2.45, 2.75) is 45.5 Å². The van der Waals surface area contributed by atoms with Crippen LogP contribution in [0, 0.1) is 17.5 Å². The third-order valence-corrected chi connectivity index (χ3v) is 3.37. The quantitative estimate of drug-likeness (QED) is 0.774. The summed E-state index contributed by atoms with van der Waals surface area (Å²) < 4.78 is 50.1. The molecule has 1 atom stereocenters. The zero-order valence-electron chi connectivity index (χ0n) is 13.9. The average Bonchev–Trinajstić information content (AvgIpc) is 2.82. The van der Waals surface area contributed by atoms with Gasteiger partial charge in [-0.15, -0.1) is 0 Å². The van der Waals surface area contributed by atoms with Gasteiger partial charge in [-0.05, 0) is 38.5 Å². The van der Waals surface area contributed by atoms with Crippen LogP contribution in [0.1, 0.15) is 32.8 Å². The smallest absolute Gasteiger partial charge is 0.414 e. The Morgan fingerprint density at radius 3 is 2.42 bits per heavy atom. The average molecular weight is 343 g/mol. The molecule has 1 saturated heterocycles. The Morgan fingerprint density at radius 1 is 1.29 bits per heavy atom. The molecule has 1 unspecified atom stereocenters. The summed E-state index contributed by atoms with van der Waals surface area (Å²) in [4.78, 5) is 13.4.